The van der Waals surface area contributed by atoms with Gasteiger partial charge < -0.3 is 4.74 Å². The molecule has 3 heteroatoms. The van der Waals surface area contributed by atoms with E-state index in [1.54, 1.807) is 0 Å². The second kappa shape index (κ2) is 11.8. The molecule has 3 aliphatic rings. The maximum atomic E-state index is 13.0. The van der Waals surface area contributed by atoms with Crippen LogP contribution in [0.1, 0.15) is 124 Å². The maximum Gasteiger partial charge on any atom is 0.319 e. The zero-order chi connectivity index (χ0) is 22.3. The molecule has 3 saturated carbocycles. The second-order valence-electron chi connectivity index (χ2n) is 11.3. The Morgan fingerprint density at radius 1 is 0.839 bits per heavy atom. The van der Waals surface area contributed by atoms with E-state index >= 15 is 0 Å². The van der Waals surface area contributed by atoms with Crippen LogP contribution in [0.5, 0.6) is 0 Å². The van der Waals surface area contributed by atoms with Crippen molar-refractivity contribution in [3.63, 3.8) is 0 Å². The third-order valence-corrected chi connectivity index (χ3v) is 9.25. The Labute approximate surface area is 191 Å². The molecule has 0 N–H and O–H groups in total. The molecular formula is C28H48O3. The van der Waals surface area contributed by atoms with Crippen LogP contribution in [0.25, 0.3) is 0 Å². The van der Waals surface area contributed by atoms with Crippen molar-refractivity contribution in [1.82, 2.24) is 0 Å². The van der Waals surface area contributed by atoms with Gasteiger partial charge in [-0.2, -0.15) is 0 Å². The summed E-state index contributed by atoms with van der Waals surface area (Å²) in [4.78, 5) is 25.6. The van der Waals surface area contributed by atoms with Crippen LogP contribution in [0, 0.1) is 35.0 Å². The van der Waals surface area contributed by atoms with Gasteiger partial charge in [-0.05, 0) is 94.3 Å². The predicted molar refractivity (Wildman–Crippen MR) is 127 cm³/mol. The van der Waals surface area contributed by atoms with Gasteiger partial charge in [0.05, 0.1) is 6.61 Å². The third kappa shape index (κ3) is 6.35. The molecule has 3 fully saturated rings. The molecular weight excluding hydrogens is 384 g/mol. The Hall–Kier alpha value is -0.860. The van der Waals surface area contributed by atoms with Crippen LogP contribution in [0.4, 0.5) is 0 Å². The number of carbonyl (C=O) groups excluding carboxylic acids is 2. The Kier molecular flexibility index (Phi) is 9.47. The highest BCUT2D eigenvalue weighted by Crippen LogP contribution is 2.47. The first-order chi connectivity index (χ1) is 15.0. The van der Waals surface area contributed by atoms with Crippen LogP contribution in [0.2, 0.25) is 0 Å². The van der Waals surface area contributed by atoms with Gasteiger partial charge in [-0.1, -0.05) is 52.4 Å². The highest BCUT2D eigenvalue weighted by Gasteiger charge is 2.47. The van der Waals surface area contributed by atoms with Crippen molar-refractivity contribution in [3.05, 3.63) is 0 Å². The molecule has 0 saturated heterocycles. The monoisotopic (exact) mass is 432 g/mol. The molecule has 0 heterocycles. The normalized spacial score (nSPS) is 36.9. The molecule has 2 atom stereocenters. The molecule has 0 aromatic carbocycles. The van der Waals surface area contributed by atoms with Gasteiger partial charge in [0, 0.05) is 6.42 Å². The van der Waals surface area contributed by atoms with Crippen LogP contribution in [0.15, 0.2) is 0 Å². The first kappa shape index (κ1) is 24.8. The summed E-state index contributed by atoms with van der Waals surface area (Å²) in [7, 11) is 0. The van der Waals surface area contributed by atoms with Gasteiger partial charge >= 0.3 is 5.97 Å². The molecule has 0 amide bonds. The summed E-state index contributed by atoms with van der Waals surface area (Å²) >= 11 is 0. The summed E-state index contributed by atoms with van der Waals surface area (Å²) in [6.45, 7) is 6.75. The summed E-state index contributed by atoms with van der Waals surface area (Å²) in [6.07, 6.45) is 19.3. The topological polar surface area (TPSA) is 43.4 Å². The number of unbranched alkanes of at least 4 members (excludes halogenated alkanes) is 2. The average Bonchev–Trinajstić information content (AvgIpc) is 2.79. The fourth-order valence-electron chi connectivity index (χ4n) is 6.92. The fraction of sp³-hybridized carbons (Fsp3) is 0.929. The first-order valence-corrected chi connectivity index (χ1v) is 13.7. The summed E-state index contributed by atoms with van der Waals surface area (Å²) < 4.78 is 5.48. The molecule has 0 aromatic heterocycles. The number of hydrogen-bond acceptors (Lipinski definition) is 3. The lowest BCUT2D eigenvalue weighted by Crippen LogP contribution is -2.44. The molecule has 0 radical (unpaired) electrons. The summed E-state index contributed by atoms with van der Waals surface area (Å²) in [5, 5.41) is 0. The SMILES string of the molecule is CCCCCOC(=O)[C@@]1(C)CCC(C2CCC([C@H]3CC[C@H](CCC)CC3)CC2)CC1=O. The van der Waals surface area contributed by atoms with Gasteiger partial charge in [0.1, 0.15) is 11.2 Å². The molecule has 178 valence electrons. The molecule has 3 aliphatic carbocycles. The lowest BCUT2D eigenvalue weighted by molar-refractivity contribution is -0.162. The molecule has 0 spiro atoms. The van der Waals surface area contributed by atoms with Gasteiger partial charge in [0.2, 0.25) is 0 Å². The van der Waals surface area contributed by atoms with Crippen LogP contribution >= 0.6 is 0 Å². The summed E-state index contributed by atoms with van der Waals surface area (Å²) in [5.74, 6) is 3.96. The van der Waals surface area contributed by atoms with Crippen LogP contribution in [-0.4, -0.2) is 18.4 Å². The minimum Gasteiger partial charge on any atom is -0.465 e. The van der Waals surface area contributed by atoms with Gasteiger partial charge in [0.25, 0.3) is 0 Å². The molecule has 31 heavy (non-hydrogen) atoms. The van der Waals surface area contributed by atoms with Gasteiger partial charge in [0.15, 0.2) is 0 Å². The minimum atomic E-state index is -0.892. The molecule has 3 nitrogen and oxygen atoms in total. The molecule has 0 aromatic rings. The summed E-state index contributed by atoms with van der Waals surface area (Å²) in [6, 6.07) is 0. The highest BCUT2D eigenvalue weighted by atomic mass is 16.5. The third-order valence-electron chi connectivity index (χ3n) is 9.25. The smallest absolute Gasteiger partial charge is 0.319 e. The van der Waals surface area contributed by atoms with E-state index in [2.05, 4.69) is 13.8 Å². The predicted octanol–water partition coefficient (Wildman–Crippen LogP) is 7.51. The average molecular weight is 433 g/mol. The number of rotatable bonds is 9. The van der Waals surface area contributed by atoms with E-state index in [-0.39, 0.29) is 11.8 Å². The second-order valence-corrected chi connectivity index (χ2v) is 11.3. The minimum absolute atomic E-state index is 0.139. The Morgan fingerprint density at radius 2 is 1.42 bits per heavy atom. The van der Waals surface area contributed by atoms with Crippen molar-refractivity contribution in [1.29, 1.82) is 0 Å². The van der Waals surface area contributed by atoms with Crippen molar-refractivity contribution in [3.8, 4) is 0 Å². The van der Waals surface area contributed by atoms with Gasteiger partial charge in [-0.15, -0.1) is 0 Å². The van der Waals surface area contributed by atoms with Crippen molar-refractivity contribution in [2.75, 3.05) is 6.61 Å². The quantitative estimate of drug-likeness (QED) is 0.215. The van der Waals surface area contributed by atoms with Crippen molar-refractivity contribution in [2.45, 2.75) is 124 Å². The molecule has 0 aliphatic heterocycles. The van der Waals surface area contributed by atoms with E-state index in [1.807, 2.05) is 6.92 Å². The van der Waals surface area contributed by atoms with E-state index in [0.29, 0.717) is 31.3 Å². The van der Waals surface area contributed by atoms with Crippen LogP contribution in [0.3, 0.4) is 0 Å². The van der Waals surface area contributed by atoms with Crippen molar-refractivity contribution >= 4 is 11.8 Å². The number of carbonyl (C=O) groups is 2. The van der Waals surface area contributed by atoms with E-state index < -0.39 is 5.41 Å². The number of Topliss-reactive ketones (excluding diaryl/α,β-unsaturated/α-hetero) is 1. The van der Waals surface area contributed by atoms with E-state index in [0.717, 1.165) is 43.4 Å². The van der Waals surface area contributed by atoms with Crippen LogP contribution < -0.4 is 0 Å². The standard InChI is InChI=1S/C28H48O3/c1-4-6-7-19-31-27(30)28(3)18-17-25(20-26(28)29)24-15-13-23(14-16-24)22-11-9-21(8-5-2)10-12-22/h21-25H,4-20H2,1-3H3/t21-,22-,23?,24?,25?,28-/m0/s1. The zero-order valence-electron chi connectivity index (χ0n) is 20.6. The molecule has 1 unspecified atom stereocenters. The number of esters is 1. The number of hydrogen-bond donors (Lipinski definition) is 0. The van der Waals surface area contributed by atoms with Crippen LogP contribution in [-0.2, 0) is 14.3 Å². The van der Waals surface area contributed by atoms with E-state index in [9.17, 15) is 9.59 Å². The molecule has 0 bridgehead atoms. The van der Waals surface area contributed by atoms with Gasteiger partial charge in [-0.3, -0.25) is 9.59 Å². The van der Waals surface area contributed by atoms with E-state index in [1.165, 1.54) is 64.2 Å². The Bertz CT molecular complexity index is 569. The Balaban J connectivity index is 1.41. The lowest BCUT2D eigenvalue weighted by Gasteiger charge is -2.42. The van der Waals surface area contributed by atoms with Crippen molar-refractivity contribution in [2.24, 2.45) is 35.0 Å². The van der Waals surface area contributed by atoms with Gasteiger partial charge in [-0.25, -0.2) is 0 Å². The molecule has 3 rings (SSSR count). The zero-order valence-corrected chi connectivity index (χ0v) is 20.6. The Morgan fingerprint density at radius 3 is 1.97 bits per heavy atom. The largest absolute Gasteiger partial charge is 0.465 e. The maximum absolute atomic E-state index is 13.0. The number of ketones is 1. The highest BCUT2D eigenvalue weighted by molar-refractivity contribution is 6.04. The number of ether oxygens (including phenoxy) is 1. The van der Waals surface area contributed by atoms with Crippen molar-refractivity contribution < 1.29 is 14.3 Å². The first-order valence-electron chi connectivity index (χ1n) is 13.7. The fourth-order valence-corrected chi connectivity index (χ4v) is 6.92. The summed E-state index contributed by atoms with van der Waals surface area (Å²) in [5.41, 5.74) is -0.892. The van der Waals surface area contributed by atoms with E-state index in [4.69, 9.17) is 4.74 Å². The lowest BCUT2D eigenvalue weighted by atomic mass is 9.62.